The van der Waals surface area contributed by atoms with Crippen molar-refractivity contribution in [1.29, 1.82) is 0 Å². The minimum Gasteiger partial charge on any atom is -1.00 e. The van der Waals surface area contributed by atoms with E-state index < -0.39 is 36.4 Å². The van der Waals surface area contributed by atoms with Crippen molar-refractivity contribution in [2.75, 3.05) is 6.61 Å². The van der Waals surface area contributed by atoms with Crippen molar-refractivity contribution in [1.82, 2.24) is 0 Å². The van der Waals surface area contributed by atoms with E-state index in [0.29, 0.717) is 6.42 Å². The molecule has 0 rings (SSSR count). The van der Waals surface area contributed by atoms with Crippen LogP contribution < -0.4 is 59.1 Å². The molecule has 0 fully saturated rings. The van der Waals surface area contributed by atoms with Gasteiger partial charge in [-0.1, -0.05) is 51.9 Å². The summed E-state index contributed by atoms with van der Waals surface area (Å²) in [6.07, 6.45) is 6.62. The first-order valence-corrected chi connectivity index (χ1v) is 8.15. The van der Waals surface area contributed by atoms with Crippen LogP contribution in [0.2, 0.25) is 0 Å². The predicted octanol–water partition coefficient (Wildman–Crippen LogP) is -2.85. The van der Waals surface area contributed by atoms with Gasteiger partial charge in [0.25, 0.3) is 0 Å². The fourth-order valence-corrected chi connectivity index (χ4v) is 2.37. The molecule has 0 aromatic heterocycles. The van der Waals surface area contributed by atoms with Crippen LogP contribution in [-0.2, 0) is 19.1 Å². The SMILES string of the molecule is CCCCCCCCCCOC(CC(=O)O)(CC(=O)O)C(=O)O.[H-].[H-].[Na+].[Na+]. The van der Waals surface area contributed by atoms with Gasteiger partial charge in [-0.2, -0.15) is 0 Å². The van der Waals surface area contributed by atoms with Gasteiger partial charge in [0.05, 0.1) is 12.8 Å². The number of carbonyl (C=O) groups is 3. The molecule has 0 aliphatic rings. The first-order valence-electron chi connectivity index (χ1n) is 8.15. The maximum atomic E-state index is 11.3. The van der Waals surface area contributed by atoms with Crippen LogP contribution in [0.5, 0.6) is 0 Å². The molecule has 3 N–H and O–H groups in total. The molecule has 9 heteroatoms. The molecular formula is C16H30Na2O7. The van der Waals surface area contributed by atoms with Crippen molar-refractivity contribution in [3.05, 3.63) is 0 Å². The van der Waals surface area contributed by atoms with Gasteiger partial charge in [0.15, 0.2) is 5.60 Å². The van der Waals surface area contributed by atoms with E-state index in [4.69, 9.17) is 14.9 Å². The fraction of sp³-hybridized carbons (Fsp3) is 0.812. The van der Waals surface area contributed by atoms with Crippen molar-refractivity contribution in [3.63, 3.8) is 0 Å². The van der Waals surface area contributed by atoms with Gasteiger partial charge in [-0.15, -0.1) is 0 Å². The number of hydrogen-bond acceptors (Lipinski definition) is 4. The van der Waals surface area contributed by atoms with Crippen molar-refractivity contribution < 1.29 is 96.4 Å². The molecule has 0 unspecified atom stereocenters. The van der Waals surface area contributed by atoms with Gasteiger partial charge >= 0.3 is 77.0 Å². The Labute approximate surface area is 196 Å². The van der Waals surface area contributed by atoms with E-state index in [9.17, 15) is 19.5 Å². The summed E-state index contributed by atoms with van der Waals surface area (Å²) in [5.41, 5.74) is -2.20. The number of aliphatic carboxylic acids is 3. The quantitative estimate of drug-likeness (QED) is 0.207. The number of rotatable bonds is 15. The molecule has 25 heavy (non-hydrogen) atoms. The topological polar surface area (TPSA) is 121 Å². The second kappa shape index (κ2) is 17.8. The standard InChI is InChI=1S/C16H28O7.2Na.2H/c1-2-3-4-5-6-7-8-9-10-23-16(15(21)22,11-13(17)18)12-14(19)20;;;;/h2-12H2,1H3,(H,17,18)(H,19,20)(H,21,22);;;;/q;2*+1;2*-1. The van der Waals surface area contributed by atoms with Crippen LogP contribution in [0, 0.1) is 0 Å². The minimum absolute atomic E-state index is 0. The van der Waals surface area contributed by atoms with Crippen LogP contribution in [0.3, 0.4) is 0 Å². The minimum atomic E-state index is -2.20. The number of ether oxygens (including phenoxy) is 1. The van der Waals surface area contributed by atoms with E-state index in [1.165, 1.54) is 25.7 Å². The maximum Gasteiger partial charge on any atom is 1.00 e. The molecule has 0 bridgehead atoms. The van der Waals surface area contributed by atoms with Crippen LogP contribution >= 0.6 is 0 Å². The zero-order valence-electron chi connectivity index (χ0n) is 17.8. The van der Waals surface area contributed by atoms with E-state index in [1.54, 1.807) is 0 Å². The average Bonchev–Trinajstić information content (AvgIpc) is 2.43. The number of hydrogen-bond donors (Lipinski definition) is 3. The monoisotopic (exact) mass is 380 g/mol. The molecule has 0 atom stereocenters. The average molecular weight is 380 g/mol. The molecule has 0 amide bonds. The second-order valence-corrected chi connectivity index (χ2v) is 5.76. The first kappa shape index (κ1) is 30.1. The van der Waals surface area contributed by atoms with Gasteiger partial charge in [0.2, 0.25) is 0 Å². The van der Waals surface area contributed by atoms with Crippen molar-refractivity contribution in [2.24, 2.45) is 0 Å². The number of carboxylic acids is 3. The number of unbranched alkanes of at least 4 members (excludes halogenated alkanes) is 7. The Morgan fingerprint density at radius 2 is 1.20 bits per heavy atom. The Hall–Kier alpha value is 0.370. The van der Waals surface area contributed by atoms with Crippen LogP contribution in [0.25, 0.3) is 0 Å². The normalized spacial score (nSPS) is 10.4. The van der Waals surface area contributed by atoms with Crippen LogP contribution in [0.15, 0.2) is 0 Å². The van der Waals surface area contributed by atoms with Gasteiger partial charge in [-0.25, -0.2) is 4.79 Å². The summed E-state index contributed by atoms with van der Waals surface area (Å²) in [6, 6.07) is 0. The van der Waals surface area contributed by atoms with E-state index >= 15 is 0 Å². The number of carboxylic acid groups (broad SMARTS) is 3. The Morgan fingerprint density at radius 3 is 1.56 bits per heavy atom. The summed E-state index contributed by atoms with van der Waals surface area (Å²) < 4.78 is 5.20. The Morgan fingerprint density at radius 1 is 0.800 bits per heavy atom. The van der Waals surface area contributed by atoms with Crippen molar-refractivity contribution in [2.45, 2.75) is 76.7 Å². The van der Waals surface area contributed by atoms with Crippen LogP contribution in [0.4, 0.5) is 0 Å². The smallest absolute Gasteiger partial charge is 1.00 e. The van der Waals surface area contributed by atoms with E-state index in [2.05, 4.69) is 6.92 Å². The van der Waals surface area contributed by atoms with E-state index in [0.717, 1.165) is 19.3 Å². The molecule has 7 nitrogen and oxygen atoms in total. The van der Waals surface area contributed by atoms with Crippen molar-refractivity contribution >= 4 is 17.9 Å². The Balaban J connectivity index is -0.000000403. The fourth-order valence-electron chi connectivity index (χ4n) is 2.37. The van der Waals surface area contributed by atoms with Gasteiger partial charge in [-0.3, -0.25) is 9.59 Å². The summed E-state index contributed by atoms with van der Waals surface area (Å²) in [5.74, 6) is -4.35. The summed E-state index contributed by atoms with van der Waals surface area (Å²) in [5, 5.41) is 26.8. The van der Waals surface area contributed by atoms with E-state index in [-0.39, 0.29) is 68.6 Å². The summed E-state index contributed by atoms with van der Waals surface area (Å²) in [7, 11) is 0. The zero-order chi connectivity index (χ0) is 17.7. The predicted molar refractivity (Wildman–Crippen MR) is 85.7 cm³/mol. The van der Waals surface area contributed by atoms with Gasteiger partial charge < -0.3 is 22.9 Å². The maximum absolute atomic E-state index is 11.3. The third-order valence-corrected chi connectivity index (χ3v) is 3.64. The van der Waals surface area contributed by atoms with Gasteiger partial charge in [0, 0.05) is 6.61 Å². The van der Waals surface area contributed by atoms with Crippen LogP contribution in [0.1, 0.15) is 74.0 Å². The molecule has 0 aliphatic carbocycles. The Kier molecular flexibility index (Phi) is 21.4. The van der Waals surface area contributed by atoms with Gasteiger partial charge in [0.1, 0.15) is 0 Å². The largest absolute Gasteiger partial charge is 1.00 e. The molecular weight excluding hydrogens is 350 g/mol. The molecule has 0 aromatic carbocycles. The van der Waals surface area contributed by atoms with E-state index in [1.807, 2.05) is 0 Å². The molecule has 0 aromatic rings. The summed E-state index contributed by atoms with van der Waals surface area (Å²) >= 11 is 0. The molecule has 0 saturated carbocycles. The molecule has 0 heterocycles. The third-order valence-electron chi connectivity index (χ3n) is 3.64. The summed E-state index contributed by atoms with van der Waals surface area (Å²) in [4.78, 5) is 33.0. The first-order chi connectivity index (χ1) is 10.8. The molecule has 0 spiro atoms. The third kappa shape index (κ3) is 15.2. The molecule has 0 aliphatic heterocycles. The molecule has 0 saturated heterocycles. The summed E-state index contributed by atoms with van der Waals surface area (Å²) in [6.45, 7) is 2.20. The Bertz CT molecular complexity index is 383. The zero-order valence-corrected chi connectivity index (χ0v) is 19.8. The van der Waals surface area contributed by atoms with Crippen LogP contribution in [-0.4, -0.2) is 45.4 Å². The molecule has 138 valence electrons. The molecule has 0 radical (unpaired) electrons. The second-order valence-electron chi connectivity index (χ2n) is 5.76. The van der Waals surface area contributed by atoms with Crippen molar-refractivity contribution in [3.8, 4) is 0 Å². The van der Waals surface area contributed by atoms with Gasteiger partial charge in [-0.05, 0) is 6.42 Å².